The van der Waals surface area contributed by atoms with Gasteiger partial charge in [0.2, 0.25) is 5.91 Å². The predicted octanol–water partition coefficient (Wildman–Crippen LogP) is 3.84. The van der Waals surface area contributed by atoms with Gasteiger partial charge in [0.05, 0.1) is 24.2 Å². The summed E-state index contributed by atoms with van der Waals surface area (Å²) in [7, 11) is 2.08. The largest absolute Gasteiger partial charge is 0.462 e. The molecule has 0 unspecified atom stereocenters. The molecule has 0 saturated carbocycles. The average Bonchev–Trinajstić information content (AvgIpc) is 3.57. The number of piperazine rings is 1. The van der Waals surface area contributed by atoms with E-state index in [0.29, 0.717) is 55.7 Å². The van der Waals surface area contributed by atoms with Crippen LogP contribution in [0.3, 0.4) is 0 Å². The van der Waals surface area contributed by atoms with Crippen molar-refractivity contribution < 1.29 is 23.0 Å². The van der Waals surface area contributed by atoms with E-state index in [0.717, 1.165) is 30.6 Å². The monoisotopic (exact) mass is 601 g/mol. The lowest BCUT2D eigenvalue weighted by Gasteiger charge is -2.41. The molecule has 10 nitrogen and oxygen atoms in total. The van der Waals surface area contributed by atoms with E-state index >= 15 is 0 Å². The van der Waals surface area contributed by atoms with E-state index in [1.165, 1.54) is 12.1 Å². The molecule has 0 radical (unpaired) electrons. The number of hydrogen-bond donors (Lipinski definition) is 0. The van der Waals surface area contributed by atoms with Crippen LogP contribution < -0.4 is 14.4 Å². The van der Waals surface area contributed by atoms with E-state index in [4.69, 9.17) is 31.0 Å². The van der Waals surface area contributed by atoms with Gasteiger partial charge >= 0.3 is 12.6 Å². The number of anilines is 1. The molecular formula is C29H34ClF2N7O3. The number of rotatable bonds is 10. The minimum atomic E-state index is -2.97. The van der Waals surface area contributed by atoms with Crippen molar-refractivity contribution in [3.05, 3.63) is 52.7 Å². The molecule has 2 aromatic rings. The molecule has 13 heteroatoms. The lowest BCUT2D eigenvalue weighted by atomic mass is 10.1. The number of nitrogens with zero attached hydrogens (tertiary/aromatic N) is 7. The molecule has 4 heterocycles. The van der Waals surface area contributed by atoms with Crippen LogP contribution in [0.1, 0.15) is 36.1 Å². The molecule has 1 amide bonds. The zero-order chi connectivity index (χ0) is 29.8. The number of ether oxygens (including phenoxy) is 2. The Morgan fingerprint density at radius 2 is 2.10 bits per heavy atom. The van der Waals surface area contributed by atoms with Gasteiger partial charge in [-0.2, -0.15) is 24.0 Å². The molecule has 1 aromatic carbocycles. The minimum Gasteiger partial charge on any atom is -0.462 e. The van der Waals surface area contributed by atoms with E-state index in [1.807, 2.05) is 4.90 Å². The number of hydrogen-bond acceptors (Lipinski definition) is 9. The Labute approximate surface area is 249 Å². The molecular weight excluding hydrogens is 568 g/mol. The zero-order valence-corrected chi connectivity index (χ0v) is 24.3. The van der Waals surface area contributed by atoms with Crippen LogP contribution in [-0.4, -0.2) is 89.1 Å². The van der Waals surface area contributed by atoms with Gasteiger partial charge in [-0.3, -0.25) is 9.69 Å². The highest BCUT2D eigenvalue weighted by molar-refractivity contribution is 6.31. The molecule has 0 aliphatic carbocycles. The molecule has 2 atom stereocenters. The summed E-state index contributed by atoms with van der Waals surface area (Å²) < 4.78 is 37.1. The van der Waals surface area contributed by atoms with Crippen LogP contribution in [0, 0.1) is 11.3 Å². The van der Waals surface area contributed by atoms with Crippen molar-refractivity contribution >= 4 is 23.3 Å². The van der Waals surface area contributed by atoms with Crippen LogP contribution >= 0.6 is 11.6 Å². The minimum absolute atomic E-state index is 0.0341. The van der Waals surface area contributed by atoms with Gasteiger partial charge in [0, 0.05) is 61.5 Å². The first-order chi connectivity index (χ1) is 20.3. The van der Waals surface area contributed by atoms with Crippen LogP contribution in [0.5, 0.6) is 11.8 Å². The summed E-state index contributed by atoms with van der Waals surface area (Å²) in [6, 6.07) is 7.12. The predicted molar refractivity (Wildman–Crippen MR) is 152 cm³/mol. The van der Waals surface area contributed by atoms with Gasteiger partial charge in [0.1, 0.15) is 18.2 Å². The fourth-order valence-corrected chi connectivity index (χ4v) is 6.16. The van der Waals surface area contributed by atoms with E-state index in [-0.39, 0.29) is 42.7 Å². The number of carbonyl (C=O) groups is 1. The molecule has 0 spiro atoms. The van der Waals surface area contributed by atoms with Crippen LogP contribution in [0.15, 0.2) is 30.9 Å². The maximum Gasteiger partial charge on any atom is 0.387 e. The summed E-state index contributed by atoms with van der Waals surface area (Å²) in [5.41, 5.74) is 2.13. The molecule has 224 valence electrons. The molecule has 1 aromatic heterocycles. The van der Waals surface area contributed by atoms with Crippen molar-refractivity contribution in [3.63, 3.8) is 0 Å². The van der Waals surface area contributed by atoms with Crippen LogP contribution in [0.2, 0.25) is 5.02 Å². The Bertz CT molecular complexity index is 1360. The SMILES string of the molecule is C=CC(=O)N1CCN(c2nc(OC[C@@H]3CCCN3C)nc3c2CN(Cc2c(Cl)cccc2OC(F)F)C3)C[C@@H]1CC#N. The number of nitriles is 1. The first kappa shape index (κ1) is 29.9. The van der Waals surface area contributed by atoms with E-state index < -0.39 is 6.61 Å². The maximum absolute atomic E-state index is 13.1. The van der Waals surface area contributed by atoms with Crippen molar-refractivity contribution in [1.82, 2.24) is 24.7 Å². The quantitative estimate of drug-likeness (QED) is 0.376. The normalized spacial score (nSPS) is 21.0. The number of aromatic nitrogens is 2. The van der Waals surface area contributed by atoms with Gasteiger partial charge in [-0.15, -0.1) is 0 Å². The van der Waals surface area contributed by atoms with Gasteiger partial charge in [0.15, 0.2) is 0 Å². The molecule has 3 aliphatic rings. The first-order valence-corrected chi connectivity index (χ1v) is 14.4. The third-order valence-corrected chi connectivity index (χ3v) is 8.48. The summed E-state index contributed by atoms with van der Waals surface area (Å²) in [5.74, 6) is 0.515. The Balaban J connectivity index is 1.42. The standard InChI is InChI=1S/C29H34ClF2N7O3/c1-3-26(40)39-13-12-38(14-19(39)9-10-33)27-22-16-37(15-21-23(30)7-4-8-25(21)42-28(31)32)17-24(22)34-29(35-27)41-18-20-6-5-11-36(20)2/h3-4,7-8,19-20,28H,1,5-6,9,11-18H2,2H3/t19-,20-/m0/s1. The van der Waals surface area contributed by atoms with Crippen LogP contribution in [0.25, 0.3) is 0 Å². The van der Waals surface area contributed by atoms with Gasteiger partial charge in [-0.25, -0.2) is 0 Å². The summed E-state index contributed by atoms with van der Waals surface area (Å²) in [4.78, 5) is 30.1. The smallest absolute Gasteiger partial charge is 0.387 e. The van der Waals surface area contributed by atoms with Crippen molar-refractivity contribution in [2.75, 3.05) is 44.7 Å². The number of likely N-dealkylation sites (N-methyl/N-ethyl adjacent to an activating group) is 1. The highest BCUT2D eigenvalue weighted by Gasteiger charge is 2.35. The highest BCUT2D eigenvalue weighted by Crippen LogP contribution is 2.36. The Morgan fingerprint density at radius 3 is 2.81 bits per heavy atom. The van der Waals surface area contributed by atoms with E-state index in [9.17, 15) is 18.8 Å². The Kier molecular flexibility index (Phi) is 9.40. The molecule has 0 bridgehead atoms. The number of carbonyl (C=O) groups excluding carboxylic acids is 1. The summed E-state index contributed by atoms with van der Waals surface area (Å²) in [5, 5.41) is 9.80. The van der Waals surface area contributed by atoms with Gasteiger partial charge in [-0.05, 0) is 44.6 Å². The summed E-state index contributed by atoms with van der Waals surface area (Å²) in [6.07, 6.45) is 3.60. The Morgan fingerprint density at radius 1 is 1.26 bits per heavy atom. The van der Waals surface area contributed by atoms with Crippen molar-refractivity contribution in [1.29, 1.82) is 5.26 Å². The lowest BCUT2D eigenvalue weighted by molar-refractivity contribution is -0.128. The van der Waals surface area contributed by atoms with Crippen LogP contribution in [0.4, 0.5) is 14.6 Å². The summed E-state index contributed by atoms with van der Waals surface area (Å²) >= 11 is 6.42. The Hall–Kier alpha value is -3.53. The van der Waals surface area contributed by atoms with E-state index in [2.05, 4.69) is 29.5 Å². The molecule has 0 N–H and O–H groups in total. The number of halogens is 3. The molecule has 2 fully saturated rings. The molecule has 5 rings (SSSR count). The number of alkyl halides is 2. The molecule has 42 heavy (non-hydrogen) atoms. The number of benzene rings is 1. The second-order valence-corrected chi connectivity index (χ2v) is 11.2. The van der Waals surface area contributed by atoms with Crippen molar-refractivity contribution in [2.45, 2.75) is 57.6 Å². The van der Waals surface area contributed by atoms with Crippen molar-refractivity contribution in [3.8, 4) is 17.8 Å². The number of likely N-dealkylation sites (tertiary alicyclic amines) is 1. The maximum atomic E-state index is 13.1. The van der Waals surface area contributed by atoms with E-state index in [1.54, 1.807) is 17.0 Å². The second-order valence-electron chi connectivity index (χ2n) is 10.8. The fourth-order valence-electron chi connectivity index (χ4n) is 5.94. The number of amides is 1. The number of fused-ring (bicyclic) bond motifs is 1. The van der Waals surface area contributed by atoms with Gasteiger partial charge in [0.25, 0.3) is 0 Å². The zero-order valence-electron chi connectivity index (χ0n) is 23.5. The third-order valence-electron chi connectivity index (χ3n) is 8.12. The van der Waals surface area contributed by atoms with Gasteiger partial charge < -0.3 is 24.2 Å². The average molecular weight is 602 g/mol. The van der Waals surface area contributed by atoms with Gasteiger partial charge in [-0.1, -0.05) is 24.2 Å². The fraction of sp³-hybridized carbons (Fsp3) is 0.517. The first-order valence-electron chi connectivity index (χ1n) is 14.0. The molecule has 3 aliphatic heterocycles. The highest BCUT2D eigenvalue weighted by atomic mass is 35.5. The van der Waals surface area contributed by atoms with Crippen LogP contribution in [-0.2, 0) is 24.4 Å². The topological polar surface area (TPSA) is 98.1 Å². The van der Waals surface area contributed by atoms with Crippen molar-refractivity contribution in [2.24, 2.45) is 0 Å². The second kappa shape index (κ2) is 13.2. The lowest BCUT2D eigenvalue weighted by Crippen LogP contribution is -2.55. The summed E-state index contributed by atoms with van der Waals surface area (Å²) in [6.45, 7) is 4.59. The third kappa shape index (κ3) is 6.59. The molecule has 2 saturated heterocycles.